The third-order valence-corrected chi connectivity index (χ3v) is 5.63. The van der Waals surface area contributed by atoms with Gasteiger partial charge in [0.25, 0.3) is 0 Å². The summed E-state index contributed by atoms with van der Waals surface area (Å²) in [5.41, 5.74) is 0.369. The van der Waals surface area contributed by atoms with Crippen LogP contribution < -0.4 is 0 Å². The number of aliphatic carboxylic acids is 1. The molecule has 212 valence electrons. The zero-order valence-electron chi connectivity index (χ0n) is 22.2. The van der Waals surface area contributed by atoms with Crippen molar-refractivity contribution in [3.05, 3.63) is 34.9 Å². The minimum Gasteiger partial charge on any atom is -1.00 e. The molecule has 0 atom stereocenters. The molecule has 0 aliphatic heterocycles. The first-order chi connectivity index (χ1) is 15.8. The number of rotatable bonds is 18. The fraction of sp³-hybridized carbons (Fsp3) is 0.667. The smallest absolute Gasteiger partial charge is 0.336 e. The van der Waals surface area contributed by atoms with E-state index in [1.807, 2.05) is 0 Å². The summed E-state index contributed by atoms with van der Waals surface area (Å²) in [6.45, 7) is 3.98. The first kappa shape index (κ1) is 38.6. The average molecular weight is 682 g/mol. The van der Waals surface area contributed by atoms with Crippen LogP contribution in [-0.4, -0.2) is 33.2 Å². The van der Waals surface area contributed by atoms with Gasteiger partial charge >= 0.3 is 17.9 Å². The molecule has 0 heterocycles. The monoisotopic (exact) mass is 680 g/mol. The minimum atomic E-state index is -1.22. The van der Waals surface area contributed by atoms with E-state index < -0.39 is 17.9 Å². The molecule has 0 saturated carbocycles. The van der Waals surface area contributed by atoms with E-state index in [1.165, 1.54) is 95.6 Å². The van der Waals surface area contributed by atoms with E-state index in [-0.39, 0.29) is 57.3 Å². The number of unbranched alkanes of at least 4 members (excludes halogenated alkanes) is 14. The standard InChI is InChI=1S/C18H36O2.C9H8O4.2Ag.H/c1-2-3-4-5-6-7-8-9-10-11-12-13-14-15-16-17-18(19)20;1-5-2-3-6(8(10)11)7(4-5)9(12)13;;;/h2-17H2,1H3,(H,19,20);2-4H,1H3,(H,10,11)(H,12,13);;;/q;;;;-1/i;;;;1+1. The molecule has 0 amide bonds. The zero-order chi connectivity index (χ0) is 24.9. The van der Waals surface area contributed by atoms with Gasteiger partial charge < -0.3 is 16.7 Å². The van der Waals surface area contributed by atoms with Crippen molar-refractivity contribution in [2.75, 3.05) is 0 Å². The van der Waals surface area contributed by atoms with E-state index in [0.29, 0.717) is 6.42 Å². The predicted molar refractivity (Wildman–Crippen MR) is 133 cm³/mol. The van der Waals surface area contributed by atoms with Crippen LogP contribution in [0.25, 0.3) is 0 Å². The zero-order valence-corrected chi connectivity index (χ0v) is 24.2. The van der Waals surface area contributed by atoms with Crippen LogP contribution in [0.3, 0.4) is 0 Å². The van der Waals surface area contributed by atoms with E-state index >= 15 is 0 Å². The first-order valence-electron chi connectivity index (χ1n) is 12.6. The second-order valence-corrected chi connectivity index (χ2v) is 8.75. The number of benzene rings is 1. The predicted octanol–water partition coefficient (Wildman–Crippen LogP) is 7.83. The van der Waals surface area contributed by atoms with Gasteiger partial charge in [-0.3, -0.25) is 4.79 Å². The molecule has 1 rings (SSSR count). The summed E-state index contributed by atoms with van der Waals surface area (Å²) in [5, 5.41) is 25.8. The van der Waals surface area contributed by atoms with Gasteiger partial charge in [0.05, 0.1) is 11.1 Å². The van der Waals surface area contributed by atoms with Crippen LogP contribution in [0.5, 0.6) is 0 Å². The molecule has 0 aliphatic rings. The summed E-state index contributed by atoms with van der Waals surface area (Å²) in [7, 11) is 0. The first-order valence-corrected chi connectivity index (χ1v) is 12.6. The molecule has 0 fully saturated rings. The maximum absolute atomic E-state index is 10.6. The number of aryl methyl sites for hydroxylation is 1. The van der Waals surface area contributed by atoms with Crippen LogP contribution in [0.15, 0.2) is 18.2 Å². The number of carboxylic acids is 3. The molecular weight excluding hydrogens is 636 g/mol. The molecule has 0 aromatic heterocycles. The molecule has 0 aliphatic carbocycles. The Labute approximate surface area is 244 Å². The summed E-state index contributed by atoms with van der Waals surface area (Å²) in [6, 6.07) is 4.20. The van der Waals surface area contributed by atoms with Gasteiger partial charge in [-0.15, -0.1) is 0 Å². The third-order valence-electron chi connectivity index (χ3n) is 5.63. The van der Waals surface area contributed by atoms with Gasteiger partial charge in [-0.1, -0.05) is 108 Å². The van der Waals surface area contributed by atoms with Crippen LogP contribution in [0.4, 0.5) is 0 Å². The van der Waals surface area contributed by atoms with Gasteiger partial charge in [0.1, 0.15) is 0 Å². The number of hydrogen-bond acceptors (Lipinski definition) is 3. The topological polar surface area (TPSA) is 112 Å². The molecule has 8 heteroatoms. The van der Waals surface area contributed by atoms with Gasteiger partial charge in [0.15, 0.2) is 0 Å². The van der Waals surface area contributed by atoms with E-state index in [0.717, 1.165) is 18.4 Å². The van der Waals surface area contributed by atoms with Crippen LogP contribution >= 0.6 is 0 Å². The van der Waals surface area contributed by atoms with Crippen LogP contribution in [-0.2, 0) is 49.6 Å². The van der Waals surface area contributed by atoms with Crippen LogP contribution in [0, 0.1) is 6.92 Å². The second kappa shape index (κ2) is 26.2. The summed E-state index contributed by atoms with van der Waals surface area (Å²) in [6.07, 6.45) is 20.2. The maximum atomic E-state index is 10.6. The van der Waals surface area contributed by atoms with Crippen molar-refractivity contribution in [2.45, 2.75) is 117 Å². The molecular formula is C27H45Ag2O6-. The van der Waals surface area contributed by atoms with Gasteiger partial charge in [-0.05, 0) is 25.5 Å². The molecule has 1 aromatic carbocycles. The Morgan fingerprint density at radius 2 is 1.00 bits per heavy atom. The van der Waals surface area contributed by atoms with Gasteiger partial charge in [0.2, 0.25) is 0 Å². The Morgan fingerprint density at radius 3 is 1.34 bits per heavy atom. The van der Waals surface area contributed by atoms with Gasteiger partial charge in [0, 0.05) is 51.2 Å². The van der Waals surface area contributed by atoms with E-state index in [4.69, 9.17) is 15.3 Å². The molecule has 6 nitrogen and oxygen atoms in total. The van der Waals surface area contributed by atoms with Crippen molar-refractivity contribution in [3.8, 4) is 0 Å². The Bertz CT molecular complexity index is 701. The molecule has 35 heavy (non-hydrogen) atoms. The fourth-order valence-corrected chi connectivity index (χ4v) is 3.67. The minimum absolute atomic E-state index is 0. The van der Waals surface area contributed by atoms with E-state index in [2.05, 4.69) is 6.92 Å². The summed E-state index contributed by atoms with van der Waals surface area (Å²) >= 11 is 0. The second-order valence-electron chi connectivity index (χ2n) is 8.75. The Balaban J connectivity index is -0.000000280. The normalized spacial score (nSPS) is 9.77. The van der Waals surface area contributed by atoms with Gasteiger partial charge in [-0.25, -0.2) is 9.59 Å². The van der Waals surface area contributed by atoms with Crippen molar-refractivity contribution in [1.82, 2.24) is 0 Å². The van der Waals surface area contributed by atoms with Gasteiger partial charge in [-0.2, -0.15) is 0 Å². The molecule has 0 spiro atoms. The van der Waals surface area contributed by atoms with Crippen LogP contribution in [0.1, 0.15) is 137 Å². The van der Waals surface area contributed by atoms with Crippen molar-refractivity contribution in [3.63, 3.8) is 0 Å². The fourth-order valence-electron chi connectivity index (χ4n) is 3.67. The SMILES string of the molecule is CCCCCCCCCCCCCCCCCC(=O)O.Cc1ccc(C(=O)O)c(C(=O)O)c1.[2H-].[Ag].[Ag]. The molecule has 0 unspecified atom stereocenters. The molecule has 0 bridgehead atoms. The number of carboxylic acid groups (broad SMARTS) is 3. The number of hydrogen-bond donors (Lipinski definition) is 3. The molecule has 2 radical (unpaired) electrons. The van der Waals surface area contributed by atoms with E-state index in [9.17, 15) is 14.4 Å². The molecule has 3 N–H and O–H groups in total. The van der Waals surface area contributed by atoms with Crippen molar-refractivity contribution < 1.29 is 75.9 Å². The van der Waals surface area contributed by atoms with Crippen molar-refractivity contribution in [1.29, 1.82) is 0 Å². The Morgan fingerprint density at radius 1 is 0.629 bits per heavy atom. The summed E-state index contributed by atoms with van der Waals surface area (Å²) < 4.78 is 0. The van der Waals surface area contributed by atoms with E-state index in [1.54, 1.807) is 13.0 Å². The Hall–Kier alpha value is -0.889. The average Bonchev–Trinajstić information content (AvgIpc) is 2.76. The van der Waals surface area contributed by atoms with Crippen molar-refractivity contribution in [2.24, 2.45) is 0 Å². The third kappa shape index (κ3) is 23.3. The summed E-state index contributed by atoms with van der Waals surface area (Å²) in [4.78, 5) is 31.5. The number of aromatic carboxylic acids is 2. The van der Waals surface area contributed by atoms with Crippen LogP contribution in [0.2, 0.25) is 0 Å². The number of carbonyl (C=O) groups is 3. The summed E-state index contributed by atoms with van der Waals surface area (Å²) in [5.74, 6) is -3.10. The Kier molecular flexibility index (Phi) is 28.9. The largest absolute Gasteiger partial charge is 1.00 e. The quantitative estimate of drug-likeness (QED) is 0.108. The maximum Gasteiger partial charge on any atom is 0.336 e. The van der Waals surface area contributed by atoms with Crippen molar-refractivity contribution >= 4 is 17.9 Å². The molecule has 1 aromatic rings. The molecule has 0 saturated heterocycles.